The van der Waals surface area contributed by atoms with E-state index in [1.165, 1.54) is 12.8 Å². The van der Waals surface area contributed by atoms with Gasteiger partial charge >= 0.3 is 0 Å². The molecule has 2 rings (SSSR count). The molecule has 94 valence electrons. The van der Waals surface area contributed by atoms with Gasteiger partial charge in [-0.1, -0.05) is 6.92 Å². The zero-order valence-corrected chi connectivity index (χ0v) is 11.8. The van der Waals surface area contributed by atoms with E-state index in [0.717, 1.165) is 29.1 Å². The summed E-state index contributed by atoms with van der Waals surface area (Å²) in [7, 11) is 0. The zero-order chi connectivity index (χ0) is 12.3. The molecule has 1 aliphatic carbocycles. The van der Waals surface area contributed by atoms with Gasteiger partial charge in [0.1, 0.15) is 5.82 Å². The molecule has 0 bridgehead atoms. The summed E-state index contributed by atoms with van der Waals surface area (Å²) >= 11 is 3.39. The molecule has 0 atom stereocenters. The highest BCUT2D eigenvalue weighted by Gasteiger charge is 2.32. The molecule has 0 amide bonds. The molecule has 1 heterocycles. The summed E-state index contributed by atoms with van der Waals surface area (Å²) in [5.41, 5.74) is 6.01. The lowest BCUT2D eigenvalue weighted by Crippen LogP contribution is -2.48. The molecule has 1 aliphatic rings. The van der Waals surface area contributed by atoms with E-state index in [4.69, 9.17) is 5.73 Å². The first kappa shape index (κ1) is 12.8. The molecule has 0 saturated heterocycles. The summed E-state index contributed by atoms with van der Waals surface area (Å²) in [5.74, 6) is 1.75. The van der Waals surface area contributed by atoms with Crippen LogP contribution in [-0.2, 0) is 0 Å². The van der Waals surface area contributed by atoms with Crippen LogP contribution < -0.4 is 11.1 Å². The molecule has 0 spiro atoms. The molecular weight excluding hydrogens is 278 g/mol. The molecular formula is C13H20BrN3. The molecule has 1 fully saturated rings. The fourth-order valence-corrected chi connectivity index (χ4v) is 2.65. The number of rotatable bonds is 3. The molecule has 4 heteroatoms. The van der Waals surface area contributed by atoms with Crippen molar-refractivity contribution in [3.8, 4) is 0 Å². The third kappa shape index (κ3) is 3.19. The molecule has 3 N–H and O–H groups in total. The first-order valence-electron chi connectivity index (χ1n) is 6.23. The summed E-state index contributed by atoms with van der Waals surface area (Å²) in [6, 6.07) is 4.00. The number of nitrogens with one attached hydrogen (secondary N) is 1. The number of nitrogens with two attached hydrogens (primary N) is 1. The fraction of sp³-hybridized carbons (Fsp3) is 0.615. The molecule has 17 heavy (non-hydrogen) atoms. The van der Waals surface area contributed by atoms with Crippen LogP contribution in [0.1, 0.15) is 32.6 Å². The Morgan fingerprint density at radius 3 is 2.71 bits per heavy atom. The van der Waals surface area contributed by atoms with Crippen LogP contribution in [0.5, 0.6) is 0 Å². The largest absolute Gasteiger partial charge is 0.363 e. The fourth-order valence-electron chi connectivity index (χ4n) is 2.42. The molecule has 3 nitrogen and oxygen atoms in total. The standard InChI is InChI=1S/C13H20BrN3/c1-10-4-6-13(9-15,7-5-10)17-12-3-2-11(14)8-16-12/h2-3,8,10H,4-7,9,15H2,1H3,(H,16,17). The van der Waals surface area contributed by atoms with Crippen LogP contribution in [0.2, 0.25) is 0 Å². The van der Waals surface area contributed by atoms with Gasteiger partial charge in [0.25, 0.3) is 0 Å². The predicted molar refractivity (Wildman–Crippen MR) is 75.0 cm³/mol. The minimum atomic E-state index is 0.0489. The Labute approximate surface area is 111 Å². The smallest absolute Gasteiger partial charge is 0.126 e. The third-order valence-electron chi connectivity index (χ3n) is 3.74. The molecule has 1 aromatic heterocycles. The van der Waals surface area contributed by atoms with Gasteiger partial charge in [0, 0.05) is 17.2 Å². The van der Waals surface area contributed by atoms with Crippen LogP contribution in [-0.4, -0.2) is 17.1 Å². The number of hydrogen-bond acceptors (Lipinski definition) is 3. The van der Waals surface area contributed by atoms with Crippen molar-refractivity contribution in [2.45, 2.75) is 38.1 Å². The monoisotopic (exact) mass is 297 g/mol. The Morgan fingerprint density at radius 2 is 2.18 bits per heavy atom. The second-order valence-electron chi connectivity index (χ2n) is 5.15. The van der Waals surface area contributed by atoms with Crippen molar-refractivity contribution in [2.75, 3.05) is 11.9 Å². The van der Waals surface area contributed by atoms with Crippen molar-refractivity contribution >= 4 is 21.7 Å². The Balaban J connectivity index is 2.06. The minimum Gasteiger partial charge on any atom is -0.363 e. The quantitative estimate of drug-likeness (QED) is 0.901. The van der Waals surface area contributed by atoms with Crippen molar-refractivity contribution in [2.24, 2.45) is 11.7 Å². The lowest BCUT2D eigenvalue weighted by molar-refractivity contribution is 0.271. The normalized spacial score (nSPS) is 29.0. The lowest BCUT2D eigenvalue weighted by atomic mass is 9.77. The Morgan fingerprint density at radius 1 is 1.47 bits per heavy atom. The first-order chi connectivity index (χ1) is 8.13. The number of aromatic nitrogens is 1. The highest BCUT2D eigenvalue weighted by atomic mass is 79.9. The van der Waals surface area contributed by atoms with E-state index in [0.29, 0.717) is 6.54 Å². The van der Waals surface area contributed by atoms with Gasteiger partial charge in [-0.25, -0.2) is 4.98 Å². The number of halogens is 1. The number of anilines is 1. The molecule has 0 aliphatic heterocycles. The van der Waals surface area contributed by atoms with E-state index < -0.39 is 0 Å². The van der Waals surface area contributed by atoms with Gasteiger partial charge in [-0.05, 0) is 59.7 Å². The minimum absolute atomic E-state index is 0.0489. The maximum absolute atomic E-state index is 5.96. The summed E-state index contributed by atoms with van der Waals surface area (Å²) < 4.78 is 1.00. The number of pyridine rings is 1. The van der Waals surface area contributed by atoms with Crippen molar-refractivity contribution in [3.63, 3.8) is 0 Å². The van der Waals surface area contributed by atoms with Crippen LogP contribution in [0.3, 0.4) is 0 Å². The van der Waals surface area contributed by atoms with Crippen LogP contribution in [0.4, 0.5) is 5.82 Å². The number of nitrogens with zero attached hydrogens (tertiary/aromatic N) is 1. The van der Waals surface area contributed by atoms with E-state index in [-0.39, 0.29) is 5.54 Å². The first-order valence-corrected chi connectivity index (χ1v) is 7.03. The number of hydrogen-bond donors (Lipinski definition) is 2. The molecule has 1 aromatic rings. The van der Waals surface area contributed by atoms with Crippen LogP contribution in [0, 0.1) is 5.92 Å². The molecule has 0 radical (unpaired) electrons. The van der Waals surface area contributed by atoms with Gasteiger partial charge in [0.05, 0.1) is 5.54 Å². The van der Waals surface area contributed by atoms with E-state index in [1.54, 1.807) is 0 Å². The average molecular weight is 298 g/mol. The molecule has 0 unspecified atom stereocenters. The maximum atomic E-state index is 5.96. The van der Waals surface area contributed by atoms with Gasteiger partial charge in [0.2, 0.25) is 0 Å². The van der Waals surface area contributed by atoms with Crippen LogP contribution in [0.25, 0.3) is 0 Å². The maximum Gasteiger partial charge on any atom is 0.126 e. The van der Waals surface area contributed by atoms with Gasteiger partial charge in [-0.2, -0.15) is 0 Å². The van der Waals surface area contributed by atoms with Crippen molar-refractivity contribution in [3.05, 3.63) is 22.8 Å². The van der Waals surface area contributed by atoms with Crippen LogP contribution >= 0.6 is 15.9 Å². The van der Waals surface area contributed by atoms with Gasteiger partial charge in [0.15, 0.2) is 0 Å². The summed E-state index contributed by atoms with van der Waals surface area (Å²) in [6.45, 7) is 3.00. The van der Waals surface area contributed by atoms with E-state index in [1.807, 2.05) is 18.3 Å². The van der Waals surface area contributed by atoms with E-state index in [9.17, 15) is 0 Å². The van der Waals surface area contributed by atoms with Gasteiger partial charge in [-0.15, -0.1) is 0 Å². The SMILES string of the molecule is CC1CCC(CN)(Nc2ccc(Br)cn2)CC1. The predicted octanol–water partition coefficient (Wildman–Crippen LogP) is 3.16. The highest BCUT2D eigenvalue weighted by molar-refractivity contribution is 9.10. The third-order valence-corrected chi connectivity index (χ3v) is 4.21. The Bertz CT molecular complexity index is 355. The second kappa shape index (κ2) is 5.36. The highest BCUT2D eigenvalue weighted by Crippen LogP contribution is 2.33. The summed E-state index contributed by atoms with van der Waals surface area (Å²) in [5, 5.41) is 3.53. The Hall–Kier alpha value is -0.610. The second-order valence-corrected chi connectivity index (χ2v) is 6.07. The van der Waals surface area contributed by atoms with E-state index in [2.05, 4.69) is 33.2 Å². The molecule has 0 aromatic carbocycles. The lowest BCUT2D eigenvalue weighted by Gasteiger charge is -2.39. The molecule has 1 saturated carbocycles. The van der Waals surface area contributed by atoms with Gasteiger partial charge in [-0.3, -0.25) is 0 Å². The van der Waals surface area contributed by atoms with Gasteiger partial charge < -0.3 is 11.1 Å². The van der Waals surface area contributed by atoms with Crippen molar-refractivity contribution in [1.82, 2.24) is 4.98 Å². The average Bonchev–Trinajstić information content (AvgIpc) is 2.35. The summed E-state index contributed by atoms with van der Waals surface area (Å²) in [4.78, 5) is 4.37. The van der Waals surface area contributed by atoms with Crippen molar-refractivity contribution < 1.29 is 0 Å². The topological polar surface area (TPSA) is 50.9 Å². The Kier molecular flexibility index (Phi) is 4.05. The van der Waals surface area contributed by atoms with Crippen LogP contribution in [0.15, 0.2) is 22.8 Å². The summed E-state index contributed by atoms with van der Waals surface area (Å²) in [6.07, 6.45) is 6.60. The van der Waals surface area contributed by atoms with Crippen molar-refractivity contribution in [1.29, 1.82) is 0 Å². The van der Waals surface area contributed by atoms with E-state index >= 15 is 0 Å². The zero-order valence-electron chi connectivity index (χ0n) is 10.2.